The molecule has 0 aliphatic carbocycles. The summed E-state index contributed by atoms with van der Waals surface area (Å²) in [5.74, 6) is 0.801. The molecule has 2 amide bonds. The van der Waals surface area contributed by atoms with E-state index in [9.17, 15) is 9.59 Å². The molecule has 1 aromatic heterocycles. The Balaban J connectivity index is 1.36. The summed E-state index contributed by atoms with van der Waals surface area (Å²) in [6.07, 6.45) is 5.51. The van der Waals surface area contributed by atoms with Crippen molar-refractivity contribution in [3.63, 3.8) is 0 Å². The van der Waals surface area contributed by atoms with E-state index in [2.05, 4.69) is 17.1 Å². The van der Waals surface area contributed by atoms with Gasteiger partial charge in [-0.15, -0.1) is 11.3 Å². The predicted octanol–water partition coefficient (Wildman–Crippen LogP) is 2.84. The molecule has 26 heavy (non-hydrogen) atoms. The van der Waals surface area contributed by atoms with Gasteiger partial charge in [-0.3, -0.25) is 9.59 Å². The van der Waals surface area contributed by atoms with E-state index in [1.54, 1.807) is 0 Å². The fourth-order valence-electron chi connectivity index (χ4n) is 3.97. The molecule has 1 N–H and O–H groups in total. The third-order valence-corrected chi connectivity index (χ3v) is 6.39. The molecule has 2 aliphatic rings. The number of piperidine rings is 2. The Kier molecular flexibility index (Phi) is 7.08. The van der Waals surface area contributed by atoms with Crippen molar-refractivity contribution in [3.05, 3.63) is 22.4 Å². The second-order valence-electron chi connectivity index (χ2n) is 7.76. The first-order chi connectivity index (χ1) is 12.6. The molecule has 5 nitrogen and oxygen atoms in total. The van der Waals surface area contributed by atoms with Crippen LogP contribution in [0, 0.1) is 11.8 Å². The van der Waals surface area contributed by atoms with Crippen LogP contribution < -0.4 is 5.32 Å². The van der Waals surface area contributed by atoms with E-state index < -0.39 is 0 Å². The van der Waals surface area contributed by atoms with Gasteiger partial charge in [0, 0.05) is 32.1 Å². The van der Waals surface area contributed by atoms with Crippen molar-refractivity contribution in [1.29, 1.82) is 0 Å². The molecule has 1 atom stereocenters. The molecule has 6 heteroatoms. The van der Waals surface area contributed by atoms with Crippen LogP contribution in [0.3, 0.4) is 0 Å². The SMILES string of the molecule is CC(CNC(=O)C1CCN(C(=O)c2cccs2)CC1)CN1CCCCC1. The lowest BCUT2D eigenvalue weighted by Gasteiger charge is -2.32. The normalized spacial score (nSPS) is 20.7. The minimum absolute atomic E-state index is 0.0459. The van der Waals surface area contributed by atoms with E-state index in [4.69, 9.17) is 0 Å². The predicted molar refractivity (Wildman–Crippen MR) is 105 cm³/mol. The molecule has 2 aliphatic heterocycles. The molecule has 0 bridgehead atoms. The van der Waals surface area contributed by atoms with Crippen LogP contribution in [-0.2, 0) is 4.79 Å². The highest BCUT2D eigenvalue weighted by atomic mass is 32.1. The van der Waals surface area contributed by atoms with E-state index in [1.807, 2.05) is 22.4 Å². The summed E-state index contributed by atoms with van der Waals surface area (Å²) in [5, 5.41) is 5.08. The Bertz CT molecular complexity index is 576. The minimum Gasteiger partial charge on any atom is -0.356 e. The fourth-order valence-corrected chi connectivity index (χ4v) is 4.66. The number of carbonyl (C=O) groups is 2. The summed E-state index contributed by atoms with van der Waals surface area (Å²) < 4.78 is 0. The molecule has 0 aromatic carbocycles. The number of hydrogen-bond donors (Lipinski definition) is 1. The van der Waals surface area contributed by atoms with Crippen LogP contribution in [0.4, 0.5) is 0 Å². The van der Waals surface area contributed by atoms with Gasteiger partial charge in [-0.2, -0.15) is 0 Å². The maximum absolute atomic E-state index is 12.5. The largest absolute Gasteiger partial charge is 0.356 e. The Morgan fingerprint density at radius 1 is 1.19 bits per heavy atom. The smallest absolute Gasteiger partial charge is 0.263 e. The molecular weight excluding hydrogens is 346 g/mol. The van der Waals surface area contributed by atoms with Gasteiger partial charge in [0.1, 0.15) is 0 Å². The highest BCUT2D eigenvalue weighted by molar-refractivity contribution is 7.12. The second kappa shape index (κ2) is 9.51. The first-order valence-corrected chi connectivity index (χ1v) is 10.8. The first kappa shape index (κ1) is 19.4. The standard InChI is InChI=1S/C20H31N3O2S/c1-16(15-22-9-3-2-4-10-22)14-21-19(24)17-7-11-23(12-8-17)20(25)18-6-5-13-26-18/h5-6,13,16-17H,2-4,7-12,14-15H2,1H3,(H,21,24). The Labute approximate surface area is 160 Å². The van der Waals surface area contributed by atoms with Crippen molar-refractivity contribution in [2.45, 2.75) is 39.0 Å². The Morgan fingerprint density at radius 2 is 1.92 bits per heavy atom. The molecule has 1 aromatic rings. The third kappa shape index (κ3) is 5.30. The number of carbonyl (C=O) groups excluding carboxylic acids is 2. The average molecular weight is 378 g/mol. The lowest BCUT2D eigenvalue weighted by atomic mass is 9.95. The number of likely N-dealkylation sites (tertiary alicyclic amines) is 2. The van der Waals surface area contributed by atoms with Crippen LogP contribution in [0.25, 0.3) is 0 Å². The first-order valence-electron chi connectivity index (χ1n) is 9.96. The summed E-state index contributed by atoms with van der Waals surface area (Å²) in [7, 11) is 0. The fraction of sp³-hybridized carbons (Fsp3) is 0.700. The third-order valence-electron chi connectivity index (χ3n) is 5.53. The second-order valence-corrected chi connectivity index (χ2v) is 8.70. The number of nitrogens with zero attached hydrogens (tertiary/aromatic N) is 2. The number of thiophene rings is 1. The summed E-state index contributed by atoms with van der Waals surface area (Å²) >= 11 is 1.48. The van der Waals surface area contributed by atoms with E-state index in [0.717, 1.165) is 30.8 Å². The molecule has 144 valence electrons. The number of hydrogen-bond acceptors (Lipinski definition) is 4. The van der Waals surface area contributed by atoms with Gasteiger partial charge in [0.2, 0.25) is 5.91 Å². The van der Waals surface area contributed by atoms with Gasteiger partial charge in [-0.05, 0) is 56.1 Å². The summed E-state index contributed by atoms with van der Waals surface area (Å²) in [4.78, 5) is 30.0. The molecule has 0 saturated carbocycles. The maximum atomic E-state index is 12.5. The van der Waals surface area contributed by atoms with Gasteiger partial charge in [0.25, 0.3) is 5.91 Å². The van der Waals surface area contributed by atoms with Crippen LogP contribution in [0.1, 0.15) is 48.7 Å². The minimum atomic E-state index is 0.0459. The van der Waals surface area contributed by atoms with Gasteiger partial charge >= 0.3 is 0 Å². The monoisotopic (exact) mass is 377 g/mol. The van der Waals surface area contributed by atoms with Gasteiger partial charge in [0.15, 0.2) is 0 Å². The zero-order chi connectivity index (χ0) is 18.4. The van der Waals surface area contributed by atoms with Crippen LogP contribution in [-0.4, -0.2) is 60.9 Å². The number of rotatable bonds is 6. The molecule has 0 radical (unpaired) electrons. The molecule has 2 saturated heterocycles. The van der Waals surface area contributed by atoms with Gasteiger partial charge < -0.3 is 15.1 Å². The molecule has 3 heterocycles. The highest BCUT2D eigenvalue weighted by Gasteiger charge is 2.28. The summed E-state index contributed by atoms with van der Waals surface area (Å²) in [6, 6.07) is 3.78. The molecule has 1 unspecified atom stereocenters. The lowest BCUT2D eigenvalue weighted by molar-refractivity contribution is -0.126. The summed E-state index contributed by atoms with van der Waals surface area (Å²) in [5.41, 5.74) is 0. The molecular formula is C20H31N3O2S. The lowest BCUT2D eigenvalue weighted by Crippen LogP contribution is -2.44. The van der Waals surface area contributed by atoms with Crippen molar-refractivity contribution < 1.29 is 9.59 Å². The zero-order valence-corrected chi connectivity index (χ0v) is 16.6. The quantitative estimate of drug-likeness (QED) is 0.829. The van der Waals surface area contributed by atoms with Crippen molar-refractivity contribution in [1.82, 2.24) is 15.1 Å². The highest BCUT2D eigenvalue weighted by Crippen LogP contribution is 2.21. The maximum Gasteiger partial charge on any atom is 0.263 e. The van der Waals surface area contributed by atoms with E-state index in [0.29, 0.717) is 19.0 Å². The van der Waals surface area contributed by atoms with Crippen LogP contribution in [0.15, 0.2) is 17.5 Å². The van der Waals surface area contributed by atoms with Gasteiger partial charge in [-0.25, -0.2) is 0 Å². The Hall–Kier alpha value is -1.40. The average Bonchev–Trinajstić information content (AvgIpc) is 3.21. The topological polar surface area (TPSA) is 52.7 Å². The van der Waals surface area contributed by atoms with E-state index in [-0.39, 0.29) is 17.7 Å². The molecule has 2 fully saturated rings. The van der Waals surface area contributed by atoms with Crippen LogP contribution in [0.2, 0.25) is 0 Å². The van der Waals surface area contributed by atoms with Crippen LogP contribution >= 0.6 is 11.3 Å². The van der Waals surface area contributed by atoms with Crippen LogP contribution in [0.5, 0.6) is 0 Å². The van der Waals surface area contributed by atoms with Crippen molar-refractivity contribution in [3.8, 4) is 0 Å². The van der Waals surface area contributed by atoms with E-state index >= 15 is 0 Å². The molecule has 3 rings (SSSR count). The van der Waals surface area contributed by atoms with E-state index in [1.165, 1.54) is 43.7 Å². The zero-order valence-electron chi connectivity index (χ0n) is 15.8. The van der Waals surface area contributed by atoms with Crippen molar-refractivity contribution in [2.24, 2.45) is 11.8 Å². The number of amides is 2. The van der Waals surface area contributed by atoms with Gasteiger partial charge in [0.05, 0.1) is 4.88 Å². The van der Waals surface area contributed by atoms with Gasteiger partial charge in [-0.1, -0.05) is 19.4 Å². The molecule has 0 spiro atoms. The van der Waals surface area contributed by atoms with Crippen molar-refractivity contribution >= 4 is 23.2 Å². The summed E-state index contributed by atoms with van der Waals surface area (Å²) in [6.45, 7) is 7.81. The number of nitrogens with one attached hydrogen (secondary N) is 1. The van der Waals surface area contributed by atoms with Crippen molar-refractivity contribution in [2.75, 3.05) is 39.3 Å². The Morgan fingerprint density at radius 3 is 2.58 bits per heavy atom.